The van der Waals surface area contributed by atoms with Gasteiger partial charge < -0.3 is 0 Å². The van der Waals surface area contributed by atoms with Crippen LogP contribution in [0.1, 0.15) is 6.92 Å². The van der Waals surface area contributed by atoms with Crippen molar-refractivity contribution in [1.82, 2.24) is 0 Å². The van der Waals surface area contributed by atoms with Crippen LogP contribution in [0.25, 0.3) is 0 Å². The Kier molecular flexibility index (Phi) is 2.37. The first kappa shape index (κ1) is 9.52. The summed E-state index contributed by atoms with van der Waals surface area (Å²) in [5, 5.41) is 0. The summed E-state index contributed by atoms with van der Waals surface area (Å²) < 4.78 is 0. The summed E-state index contributed by atoms with van der Waals surface area (Å²) in [4.78, 5) is 0. The molecule has 0 bridgehead atoms. The van der Waals surface area contributed by atoms with Crippen LogP contribution in [0, 0.1) is 5.92 Å². The first-order valence-corrected chi connectivity index (χ1v) is 11.6. The first-order valence-electron chi connectivity index (χ1n) is 4.81. The average molecular weight is 186 g/mol. The van der Waals surface area contributed by atoms with E-state index in [9.17, 15) is 0 Å². The van der Waals surface area contributed by atoms with Gasteiger partial charge in [-0.15, -0.1) is 0 Å². The molecule has 1 aliphatic rings. The van der Waals surface area contributed by atoms with Crippen LogP contribution in [0.15, 0.2) is 0 Å². The monoisotopic (exact) mass is 186 g/mol. The summed E-state index contributed by atoms with van der Waals surface area (Å²) in [6.07, 6.45) is 0. The molecule has 0 aromatic heterocycles. The lowest BCUT2D eigenvalue weighted by molar-refractivity contribution is 0.691. The molecule has 1 rings (SSSR count). The first-order chi connectivity index (χ1) is 4.81. The van der Waals surface area contributed by atoms with E-state index >= 15 is 0 Å². The molecule has 1 fully saturated rings. The van der Waals surface area contributed by atoms with Crippen LogP contribution >= 0.6 is 0 Å². The highest BCUT2D eigenvalue weighted by molar-refractivity contribution is 6.96. The van der Waals surface area contributed by atoms with Gasteiger partial charge in [0.2, 0.25) is 0 Å². The van der Waals surface area contributed by atoms with Crippen LogP contribution < -0.4 is 0 Å². The fraction of sp³-hybridized carbons (Fsp3) is 1.00. The second kappa shape index (κ2) is 2.73. The second-order valence-corrected chi connectivity index (χ2v) is 16.9. The summed E-state index contributed by atoms with van der Waals surface area (Å²) >= 11 is 0. The molecule has 1 aliphatic heterocycles. The Labute approximate surface area is 73.4 Å². The Bertz CT molecular complexity index is 134. The van der Waals surface area contributed by atoms with Crippen LogP contribution in [0.3, 0.4) is 0 Å². The number of hydrogen-bond acceptors (Lipinski definition) is 0. The molecule has 0 aromatic rings. The summed E-state index contributed by atoms with van der Waals surface area (Å²) in [6.45, 7) is 12.8. The van der Waals surface area contributed by atoms with E-state index in [-0.39, 0.29) is 0 Å². The number of rotatable bonds is 0. The van der Waals surface area contributed by atoms with Gasteiger partial charge in [-0.05, 0) is 5.92 Å². The molecule has 0 N–H and O–H groups in total. The maximum Gasteiger partial charge on any atom is 0.0450 e. The Morgan fingerprint density at radius 3 is 1.55 bits per heavy atom. The van der Waals surface area contributed by atoms with Crippen LogP contribution in [-0.2, 0) is 0 Å². The minimum Gasteiger partial charge on any atom is -0.0695 e. The Hall–Kier alpha value is 0.434. The standard InChI is InChI=1S/C9H22Si2/c1-9-6-10(2,3)8-11(4,5)7-9/h9H,6-8H2,1-5H3. The van der Waals surface area contributed by atoms with E-state index in [4.69, 9.17) is 0 Å². The third-order valence-corrected chi connectivity index (χ3v) is 14.0. The van der Waals surface area contributed by atoms with E-state index in [1.807, 2.05) is 0 Å². The zero-order valence-corrected chi connectivity index (χ0v) is 10.7. The Morgan fingerprint density at radius 1 is 0.909 bits per heavy atom. The van der Waals surface area contributed by atoms with Crippen LogP contribution in [0.5, 0.6) is 0 Å². The lowest BCUT2D eigenvalue weighted by Crippen LogP contribution is -2.46. The molecule has 0 aromatic carbocycles. The normalized spacial score (nSPS) is 30.3. The van der Waals surface area contributed by atoms with Crippen molar-refractivity contribution in [1.29, 1.82) is 0 Å². The molecule has 1 heterocycles. The SMILES string of the molecule is CC1C[Si](C)(C)C[Si](C)(C)C1. The molecule has 0 radical (unpaired) electrons. The molecular formula is C9H22Si2. The predicted octanol–water partition coefficient (Wildman–Crippen LogP) is 3.59. The molecule has 0 amide bonds. The average Bonchev–Trinajstić information content (AvgIpc) is 1.49. The smallest absolute Gasteiger partial charge is 0.0450 e. The maximum absolute atomic E-state index is 2.58. The van der Waals surface area contributed by atoms with E-state index in [2.05, 4.69) is 33.1 Å². The van der Waals surface area contributed by atoms with E-state index in [0.717, 1.165) is 5.92 Å². The Balaban J connectivity index is 2.66. The maximum atomic E-state index is 2.58. The predicted molar refractivity (Wildman–Crippen MR) is 58.5 cm³/mol. The highest BCUT2D eigenvalue weighted by Crippen LogP contribution is 2.38. The molecule has 0 aliphatic carbocycles. The Morgan fingerprint density at radius 2 is 1.27 bits per heavy atom. The van der Waals surface area contributed by atoms with Crippen molar-refractivity contribution in [2.24, 2.45) is 5.92 Å². The minimum absolute atomic E-state index is 0.727. The van der Waals surface area contributed by atoms with Gasteiger partial charge in [0.25, 0.3) is 0 Å². The van der Waals surface area contributed by atoms with Crippen molar-refractivity contribution < 1.29 is 0 Å². The molecular weight excluding hydrogens is 164 g/mol. The number of hydrogen-bond donors (Lipinski definition) is 0. The van der Waals surface area contributed by atoms with Gasteiger partial charge in [-0.1, -0.05) is 50.9 Å². The topological polar surface area (TPSA) is 0 Å². The second-order valence-electron chi connectivity index (χ2n) is 6.02. The summed E-state index contributed by atoms with van der Waals surface area (Å²) in [5.41, 5.74) is 1.67. The van der Waals surface area contributed by atoms with E-state index in [1.54, 1.807) is 17.8 Å². The van der Waals surface area contributed by atoms with Crippen molar-refractivity contribution in [3.05, 3.63) is 0 Å². The summed E-state index contributed by atoms with van der Waals surface area (Å²) in [7, 11) is -1.45. The van der Waals surface area contributed by atoms with Gasteiger partial charge >= 0.3 is 0 Å². The molecule has 0 nitrogen and oxygen atoms in total. The van der Waals surface area contributed by atoms with Crippen molar-refractivity contribution in [2.75, 3.05) is 0 Å². The molecule has 11 heavy (non-hydrogen) atoms. The van der Waals surface area contributed by atoms with E-state index in [0.29, 0.717) is 0 Å². The lowest BCUT2D eigenvalue weighted by Gasteiger charge is -2.41. The zero-order chi connectivity index (χ0) is 8.70. The largest absolute Gasteiger partial charge is 0.0695 e. The van der Waals surface area contributed by atoms with Gasteiger partial charge in [-0.3, -0.25) is 0 Å². The highest BCUT2D eigenvalue weighted by Gasteiger charge is 2.38. The van der Waals surface area contributed by atoms with E-state index < -0.39 is 16.1 Å². The van der Waals surface area contributed by atoms with E-state index in [1.165, 1.54) is 0 Å². The molecule has 66 valence electrons. The highest BCUT2D eigenvalue weighted by atomic mass is 28.4. The molecule has 0 saturated carbocycles. The van der Waals surface area contributed by atoms with Gasteiger partial charge in [-0.2, -0.15) is 0 Å². The van der Waals surface area contributed by atoms with Gasteiger partial charge in [-0.25, -0.2) is 0 Å². The molecule has 1 saturated heterocycles. The quantitative estimate of drug-likeness (QED) is 0.507. The van der Waals surface area contributed by atoms with Gasteiger partial charge in [0.05, 0.1) is 0 Å². The minimum atomic E-state index is -0.727. The van der Waals surface area contributed by atoms with Crippen LogP contribution in [0.2, 0.25) is 43.9 Å². The van der Waals surface area contributed by atoms with Gasteiger partial charge in [0.1, 0.15) is 0 Å². The third kappa shape index (κ3) is 2.75. The van der Waals surface area contributed by atoms with Crippen molar-refractivity contribution >= 4 is 16.1 Å². The van der Waals surface area contributed by atoms with Gasteiger partial charge in [0.15, 0.2) is 0 Å². The summed E-state index contributed by atoms with van der Waals surface area (Å²) in [5.74, 6) is 1.05. The molecule has 2 heteroatoms. The van der Waals surface area contributed by atoms with Gasteiger partial charge in [0, 0.05) is 16.1 Å². The molecule has 0 atom stereocenters. The molecule has 0 spiro atoms. The van der Waals surface area contributed by atoms with Crippen LogP contribution in [0.4, 0.5) is 0 Å². The zero-order valence-electron chi connectivity index (χ0n) is 8.70. The van der Waals surface area contributed by atoms with Crippen molar-refractivity contribution in [2.45, 2.75) is 50.9 Å². The fourth-order valence-corrected chi connectivity index (χ4v) is 19.3. The summed E-state index contributed by atoms with van der Waals surface area (Å²) in [6, 6.07) is 3.17. The fourth-order valence-electron chi connectivity index (χ4n) is 3.40. The van der Waals surface area contributed by atoms with Crippen LogP contribution in [-0.4, -0.2) is 16.1 Å². The lowest BCUT2D eigenvalue weighted by atomic mass is 10.3. The van der Waals surface area contributed by atoms with Crippen molar-refractivity contribution in [3.8, 4) is 0 Å². The third-order valence-electron chi connectivity index (χ3n) is 2.76. The molecule has 0 unspecified atom stereocenters. The van der Waals surface area contributed by atoms with Crippen molar-refractivity contribution in [3.63, 3.8) is 0 Å².